The quantitative estimate of drug-likeness (QED) is 0.348. The molecule has 5 nitrogen and oxygen atoms in total. The van der Waals surface area contributed by atoms with Gasteiger partial charge in [0.15, 0.2) is 6.29 Å². The SMILES string of the molecule is O=[N+]([O-])COC1CCCCO1. The van der Waals surface area contributed by atoms with Gasteiger partial charge in [0, 0.05) is 11.5 Å². The van der Waals surface area contributed by atoms with Gasteiger partial charge in [-0.2, -0.15) is 0 Å². The van der Waals surface area contributed by atoms with Gasteiger partial charge in [-0.1, -0.05) is 0 Å². The summed E-state index contributed by atoms with van der Waals surface area (Å²) in [5, 5.41) is 9.87. The Morgan fingerprint density at radius 3 is 3.00 bits per heavy atom. The van der Waals surface area contributed by atoms with Crippen LogP contribution in [0.25, 0.3) is 0 Å². The van der Waals surface area contributed by atoms with E-state index in [1.165, 1.54) is 0 Å². The first-order chi connectivity index (χ1) is 5.29. The predicted octanol–water partition coefficient (Wildman–Crippen LogP) is 0.764. The van der Waals surface area contributed by atoms with Gasteiger partial charge in [-0.05, 0) is 19.3 Å². The largest absolute Gasteiger partial charge is 0.352 e. The third-order valence-corrected chi connectivity index (χ3v) is 1.50. The van der Waals surface area contributed by atoms with Gasteiger partial charge in [0.2, 0.25) is 0 Å². The van der Waals surface area contributed by atoms with E-state index in [1.54, 1.807) is 0 Å². The third-order valence-electron chi connectivity index (χ3n) is 1.50. The second-order valence-electron chi connectivity index (χ2n) is 2.42. The summed E-state index contributed by atoms with van der Waals surface area (Å²) in [4.78, 5) is 9.36. The van der Waals surface area contributed by atoms with Crippen molar-refractivity contribution < 1.29 is 14.4 Å². The second-order valence-corrected chi connectivity index (χ2v) is 2.42. The van der Waals surface area contributed by atoms with Crippen molar-refractivity contribution >= 4 is 0 Å². The topological polar surface area (TPSA) is 61.6 Å². The molecule has 5 heteroatoms. The van der Waals surface area contributed by atoms with Crippen molar-refractivity contribution in [3.05, 3.63) is 10.1 Å². The minimum absolute atomic E-state index is 0.353. The maximum atomic E-state index is 9.87. The number of nitro groups is 1. The Morgan fingerprint density at radius 1 is 1.64 bits per heavy atom. The van der Waals surface area contributed by atoms with Gasteiger partial charge >= 0.3 is 6.73 Å². The fraction of sp³-hybridized carbons (Fsp3) is 1.00. The van der Waals surface area contributed by atoms with Gasteiger partial charge in [-0.15, -0.1) is 0 Å². The molecule has 0 aromatic rings. The molecule has 0 radical (unpaired) electrons. The molecule has 0 bridgehead atoms. The molecule has 1 unspecified atom stereocenters. The minimum atomic E-state index is -0.502. The van der Waals surface area contributed by atoms with E-state index >= 15 is 0 Å². The Balaban J connectivity index is 2.09. The average Bonchev–Trinajstić information content (AvgIpc) is 2.03. The van der Waals surface area contributed by atoms with Crippen LogP contribution in [0.15, 0.2) is 0 Å². The summed E-state index contributed by atoms with van der Waals surface area (Å²) in [5.74, 6) is 0. The summed E-state index contributed by atoms with van der Waals surface area (Å²) in [7, 11) is 0. The van der Waals surface area contributed by atoms with Gasteiger partial charge in [-0.25, -0.2) is 0 Å². The molecule has 0 amide bonds. The predicted molar refractivity (Wildman–Crippen MR) is 36.5 cm³/mol. The average molecular weight is 161 g/mol. The molecule has 64 valence electrons. The maximum Gasteiger partial charge on any atom is 0.308 e. The van der Waals surface area contributed by atoms with Crippen LogP contribution in [0.4, 0.5) is 0 Å². The van der Waals surface area contributed by atoms with Gasteiger partial charge in [0.1, 0.15) is 0 Å². The molecule has 0 N–H and O–H groups in total. The van der Waals surface area contributed by atoms with Crippen LogP contribution in [0.2, 0.25) is 0 Å². The molecule has 0 aromatic heterocycles. The number of nitrogens with zero attached hydrogens (tertiary/aromatic N) is 1. The molecule has 1 atom stereocenters. The standard InChI is InChI=1S/C6H11NO4/c8-7(9)5-11-6-3-1-2-4-10-6/h6H,1-5H2. The van der Waals surface area contributed by atoms with E-state index in [-0.39, 0.29) is 6.29 Å². The van der Waals surface area contributed by atoms with Gasteiger partial charge < -0.3 is 4.74 Å². The van der Waals surface area contributed by atoms with Gasteiger partial charge in [-0.3, -0.25) is 14.9 Å². The number of rotatable bonds is 3. The highest BCUT2D eigenvalue weighted by Gasteiger charge is 2.15. The third kappa shape index (κ3) is 3.29. The molecule has 11 heavy (non-hydrogen) atoms. The van der Waals surface area contributed by atoms with Crippen molar-refractivity contribution in [1.29, 1.82) is 0 Å². The zero-order valence-corrected chi connectivity index (χ0v) is 6.19. The summed E-state index contributed by atoms with van der Waals surface area (Å²) in [5.41, 5.74) is 0. The van der Waals surface area contributed by atoms with Crippen LogP contribution < -0.4 is 0 Å². The molecule has 1 saturated heterocycles. The van der Waals surface area contributed by atoms with Crippen LogP contribution in [-0.2, 0) is 9.47 Å². The fourth-order valence-electron chi connectivity index (χ4n) is 0.987. The molecular weight excluding hydrogens is 150 g/mol. The first kappa shape index (κ1) is 8.42. The minimum Gasteiger partial charge on any atom is -0.352 e. The lowest BCUT2D eigenvalue weighted by Crippen LogP contribution is -2.24. The second kappa shape index (κ2) is 4.25. The highest BCUT2D eigenvalue weighted by atomic mass is 16.7. The van der Waals surface area contributed by atoms with Crippen LogP contribution in [-0.4, -0.2) is 24.6 Å². The monoisotopic (exact) mass is 161 g/mol. The summed E-state index contributed by atoms with van der Waals surface area (Å²) >= 11 is 0. The number of hydrogen-bond donors (Lipinski definition) is 0. The van der Waals surface area contributed by atoms with Crippen LogP contribution in [0.3, 0.4) is 0 Å². The highest BCUT2D eigenvalue weighted by Crippen LogP contribution is 2.13. The lowest BCUT2D eigenvalue weighted by atomic mass is 10.2. The van der Waals surface area contributed by atoms with Crippen molar-refractivity contribution in [2.24, 2.45) is 0 Å². The Hall–Kier alpha value is -0.680. The lowest BCUT2D eigenvalue weighted by molar-refractivity contribution is -0.537. The number of ether oxygens (including phenoxy) is 2. The zero-order chi connectivity index (χ0) is 8.10. The van der Waals surface area contributed by atoms with Crippen molar-refractivity contribution in [2.75, 3.05) is 13.3 Å². The van der Waals surface area contributed by atoms with E-state index in [1.807, 2.05) is 0 Å². The van der Waals surface area contributed by atoms with Crippen molar-refractivity contribution in [2.45, 2.75) is 25.6 Å². The molecule has 1 aliphatic rings. The summed E-state index contributed by atoms with van der Waals surface area (Å²) in [6, 6.07) is 0. The van der Waals surface area contributed by atoms with Gasteiger partial charge in [0.25, 0.3) is 0 Å². The van der Waals surface area contributed by atoms with E-state index in [0.29, 0.717) is 6.61 Å². The molecular formula is C6H11NO4. The molecule has 0 spiro atoms. The van der Waals surface area contributed by atoms with E-state index in [2.05, 4.69) is 0 Å². The smallest absolute Gasteiger partial charge is 0.308 e. The summed E-state index contributed by atoms with van der Waals surface area (Å²) < 4.78 is 9.92. The molecule has 1 rings (SSSR count). The highest BCUT2D eigenvalue weighted by molar-refractivity contribution is 4.52. The Kier molecular flexibility index (Phi) is 3.25. The normalized spacial score (nSPS) is 24.9. The first-order valence-electron chi connectivity index (χ1n) is 3.64. The summed E-state index contributed by atoms with van der Waals surface area (Å²) in [6.07, 6.45) is 2.48. The lowest BCUT2D eigenvalue weighted by Gasteiger charge is -2.20. The summed E-state index contributed by atoms with van der Waals surface area (Å²) in [6.45, 7) is 0.201. The molecule has 0 aliphatic carbocycles. The number of hydrogen-bond acceptors (Lipinski definition) is 4. The fourth-order valence-corrected chi connectivity index (χ4v) is 0.987. The zero-order valence-electron chi connectivity index (χ0n) is 6.19. The van der Waals surface area contributed by atoms with Crippen LogP contribution in [0.5, 0.6) is 0 Å². The van der Waals surface area contributed by atoms with Crippen molar-refractivity contribution in [1.82, 2.24) is 0 Å². The Labute approximate surface area is 64.4 Å². The Bertz CT molecular complexity index is 133. The van der Waals surface area contributed by atoms with Crippen molar-refractivity contribution in [3.8, 4) is 0 Å². The van der Waals surface area contributed by atoms with Crippen LogP contribution in [0.1, 0.15) is 19.3 Å². The molecule has 1 fully saturated rings. The molecule has 1 heterocycles. The molecule has 0 aromatic carbocycles. The van der Waals surface area contributed by atoms with Crippen LogP contribution in [0, 0.1) is 10.1 Å². The molecule has 1 aliphatic heterocycles. The van der Waals surface area contributed by atoms with Gasteiger partial charge in [0.05, 0.1) is 0 Å². The van der Waals surface area contributed by atoms with Crippen LogP contribution >= 0.6 is 0 Å². The molecule has 0 saturated carbocycles. The van der Waals surface area contributed by atoms with Crippen molar-refractivity contribution in [3.63, 3.8) is 0 Å². The first-order valence-corrected chi connectivity index (χ1v) is 3.64. The maximum absolute atomic E-state index is 9.87. The van der Waals surface area contributed by atoms with E-state index in [4.69, 9.17) is 9.47 Å². The van der Waals surface area contributed by atoms with E-state index in [0.717, 1.165) is 19.3 Å². The van der Waals surface area contributed by atoms with E-state index < -0.39 is 11.7 Å². The van der Waals surface area contributed by atoms with E-state index in [9.17, 15) is 10.1 Å². The Morgan fingerprint density at radius 2 is 2.45 bits per heavy atom.